The van der Waals surface area contributed by atoms with E-state index >= 15 is 0 Å². The number of carbonyl (C=O) groups is 1. The average Bonchev–Trinajstić information content (AvgIpc) is 3.32. The van der Waals surface area contributed by atoms with Crippen LogP contribution in [0, 0.1) is 0 Å². The van der Waals surface area contributed by atoms with E-state index in [1.807, 2.05) is 84.6 Å². The van der Waals surface area contributed by atoms with Gasteiger partial charge in [-0.05, 0) is 35.7 Å². The lowest BCUT2D eigenvalue weighted by atomic mass is 9.75. The second kappa shape index (κ2) is 10.7. The van der Waals surface area contributed by atoms with E-state index in [4.69, 9.17) is 11.6 Å². The molecule has 0 spiro atoms. The predicted molar refractivity (Wildman–Crippen MR) is 144 cm³/mol. The summed E-state index contributed by atoms with van der Waals surface area (Å²) in [5, 5.41) is 11.8. The number of benzene rings is 3. The summed E-state index contributed by atoms with van der Waals surface area (Å²) in [6.07, 6.45) is -0.549. The van der Waals surface area contributed by atoms with Crippen LogP contribution in [0.4, 0.5) is 0 Å². The molecule has 0 bridgehead atoms. The molecule has 2 unspecified atom stereocenters. The minimum absolute atomic E-state index is 0.0394. The van der Waals surface area contributed by atoms with Crippen LogP contribution < -0.4 is 0 Å². The Kier molecular flexibility index (Phi) is 7.44. The molecule has 36 heavy (non-hydrogen) atoms. The van der Waals surface area contributed by atoms with Crippen molar-refractivity contribution in [2.75, 3.05) is 39.3 Å². The normalized spacial score (nSPS) is 21.6. The topological polar surface area (TPSA) is 47.0 Å². The Morgan fingerprint density at radius 2 is 1.42 bits per heavy atom. The van der Waals surface area contributed by atoms with Gasteiger partial charge in [-0.3, -0.25) is 14.6 Å². The monoisotopic (exact) mass is 503 g/mol. The Morgan fingerprint density at radius 3 is 1.97 bits per heavy atom. The van der Waals surface area contributed by atoms with Crippen LogP contribution in [0.1, 0.15) is 23.6 Å². The van der Waals surface area contributed by atoms with Crippen molar-refractivity contribution >= 4 is 17.5 Å². The van der Waals surface area contributed by atoms with Crippen LogP contribution >= 0.6 is 11.6 Å². The van der Waals surface area contributed by atoms with Crippen molar-refractivity contribution in [2.45, 2.75) is 31.0 Å². The molecule has 0 saturated carbocycles. The van der Waals surface area contributed by atoms with Gasteiger partial charge >= 0.3 is 0 Å². The summed E-state index contributed by atoms with van der Waals surface area (Å²) >= 11 is 6.02. The summed E-state index contributed by atoms with van der Waals surface area (Å²) in [6.45, 7) is 7.45. The number of carbonyl (C=O) groups excluding carboxylic acids is 1. The van der Waals surface area contributed by atoms with Crippen molar-refractivity contribution in [1.29, 1.82) is 0 Å². The number of rotatable bonds is 6. The van der Waals surface area contributed by atoms with Gasteiger partial charge in [0.1, 0.15) is 0 Å². The van der Waals surface area contributed by atoms with E-state index in [9.17, 15) is 9.90 Å². The highest BCUT2D eigenvalue weighted by Gasteiger charge is 2.45. The quantitative estimate of drug-likeness (QED) is 0.551. The van der Waals surface area contributed by atoms with Crippen LogP contribution in [0.2, 0.25) is 5.02 Å². The second-order valence-corrected chi connectivity index (χ2v) is 10.6. The van der Waals surface area contributed by atoms with Gasteiger partial charge in [0, 0.05) is 50.8 Å². The highest BCUT2D eigenvalue weighted by Crippen LogP contribution is 2.35. The molecule has 6 heteroatoms. The largest absolute Gasteiger partial charge is 0.390 e. The van der Waals surface area contributed by atoms with Crippen molar-refractivity contribution < 1.29 is 9.90 Å². The molecule has 188 valence electrons. The van der Waals surface area contributed by atoms with Crippen molar-refractivity contribution in [3.63, 3.8) is 0 Å². The molecule has 0 aliphatic carbocycles. The summed E-state index contributed by atoms with van der Waals surface area (Å²) < 4.78 is 0. The first-order valence-electron chi connectivity index (χ1n) is 12.7. The first kappa shape index (κ1) is 25.0. The molecule has 2 saturated heterocycles. The van der Waals surface area contributed by atoms with E-state index < -0.39 is 11.5 Å². The summed E-state index contributed by atoms with van der Waals surface area (Å²) in [5.41, 5.74) is 2.38. The number of aliphatic hydroxyl groups is 1. The Morgan fingerprint density at radius 1 is 0.861 bits per heavy atom. The molecule has 3 aromatic carbocycles. The smallest absolute Gasteiger partial charge is 0.237 e. The molecule has 3 aromatic rings. The molecule has 1 amide bonds. The van der Waals surface area contributed by atoms with Gasteiger partial charge in [-0.1, -0.05) is 84.4 Å². The van der Waals surface area contributed by atoms with E-state index in [-0.39, 0.29) is 11.9 Å². The Hall–Kier alpha value is -2.70. The van der Waals surface area contributed by atoms with Crippen molar-refractivity contribution in [3.8, 4) is 0 Å². The maximum atomic E-state index is 14.1. The number of hydrogen-bond acceptors (Lipinski definition) is 4. The van der Waals surface area contributed by atoms with E-state index in [1.54, 1.807) is 0 Å². The first-order valence-corrected chi connectivity index (χ1v) is 13.1. The molecule has 5 nitrogen and oxygen atoms in total. The van der Waals surface area contributed by atoms with Gasteiger partial charge in [-0.25, -0.2) is 0 Å². The number of hydrogen-bond donors (Lipinski definition) is 1. The molecule has 2 aliphatic heterocycles. The third-order valence-corrected chi connectivity index (χ3v) is 8.12. The minimum atomic E-state index is -0.811. The van der Waals surface area contributed by atoms with Crippen LogP contribution in [-0.4, -0.2) is 77.1 Å². The maximum Gasteiger partial charge on any atom is 0.237 e. The van der Waals surface area contributed by atoms with Gasteiger partial charge in [-0.15, -0.1) is 0 Å². The maximum absolute atomic E-state index is 14.1. The fourth-order valence-corrected chi connectivity index (χ4v) is 5.79. The molecule has 0 aromatic heterocycles. The van der Waals surface area contributed by atoms with Gasteiger partial charge in [0.2, 0.25) is 5.91 Å². The molecule has 2 aliphatic rings. The molecule has 2 heterocycles. The minimum Gasteiger partial charge on any atom is -0.390 e. The third-order valence-electron chi connectivity index (χ3n) is 7.87. The lowest BCUT2D eigenvalue weighted by Crippen LogP contribution is -2.53. The molecule has 2 atom stereocenters. The lowest BCUT2D eigenvalue weighted by Gasteiger charge is -2.39. The van der Waals surface area contributed by atoms with Crippen LogP contribution in [-0.2, 0) is 16.8 Å². The molecule has 2 fully saturated rings. The number of aliphatic hydroxyl groups excluding tert-OH is 1. The number of piperazine rings is 1. The molecule has 0 radical (unpaired) electrons. The number of amides is 1. The number of nitrogens with zero attached hydrogens (tertiary/aromatic N) is 3. The van der Waals surface area contributed by atoms with Gasteiger partial charge < -0.3 is 10.0 Å². The fourth-order valence-electron chi connectivity index (χ4n) is 5.67. The molecular formula is C30H34ClN3O2. The van der Waals surface area contributed by atoms with Gasteiger partial charge in [-0.2, -0.15) is 0 Å². The Labute approximate surface area is 218 Å². The third kappa shape index (κ3) is 5.07. The molecule has 5 rings (SSSR count). The number of β-amino-alcohol motifs (C(OH)–C–C–N with tert-alkyl or cyclic N) is 1. The summed E-state index contributed by atoms with van der Waals surface area (Å²) in [5.74, 6) is 0.0443. The summed E-state index contributed by atoms with van der Waals surface area (Å²) in [6, 6.07) is 28.0. The molecule has 1 N–H and O–H groups in total. The van der Waals surface area contributed by atoms with E-state index in [1.165, 1.54) is 5.56 Å². The Balaban J connectivity index is 1.26. The number of halogens is 1. The van der Waals surface area contributed by atoms with E-state index in [2.05, 4.69) is 21.9 Å². The summed E-state index contributed by atoms with van der Waals surface area (Å²) in [4.78, 5) is 20.8. The van der Waals surface area contributed by atoms with Crippen LogP contribution in [0.15, 0.2) is 84.9 Å². The van der Waals surface area contributed by atoms with Gasteiger partial charge in [0.15, 0.2) is 0 Å². The zero-order valence-electron chi connectivity index (χ0n) is 20.8. The average molecular weight is 504 g/mol. The Bertz CT molecular complexity index is 1110. The van der Waals surface area contributed by atoms with Crippen molar-refractivity contribution in [2.24, 2.45) is 0 Å². The predicted octanol–water partition coefficient (Wildman–Crippen LogP) is 4.04. The van der Waals surface area contributed by atoms with Gasteiger partial charge in [0.05, 0.1) is 17.6 Å². The SMILES string of the molecule is CC(C(=O)N1CC(O)C(N2CCN(Cc3ccc(Cl)cc3)CC2)C1)(c1ccccc1)c1ccccc1. The van der Waals surface area contributed by atoms with Gasteiger partial charge in [0.25, 0.3) is 0 Å². The van der Waals surface area contributed by atoms with Crippen LogP contribution in [0.5, 0.6) is 0 Å². The van der Waals surface area contributed by atoms with Crippen molar-refractivity contribution in [3.05, 3.63) is 107 Å². The molecular weight excluding hydrogens is 470 g/mol. The first-order chi connectivity index (χ1) is 17.4. The zero-order valence-corrected chi connectivity index (χ0v) is 21.5. The second-order valence-electron chi connectivity index (χ2n) is 10.1. The summed E-state index contributed by atoms with van der Waals surface area (Å²) in [7, 11) is 0. The lowest BCUT2D eigenvalue weighted by molar-refractivity contribution is -0.134. The number of likely N-dealkylation sites (tertiary alicyclic amines) is 1. The standard InChI is InChI=1S/C30H34ClN3O2/c1-30(24-8-4-2-5-9-24,25-10-6-3-7-11-25)29(36)34-21-27(28(35)22-34)33-18-16-32(17-19-33)20-23-12-14-26(31)15-13-23/h2-15,27-28,35H,16-22H2,1H3. The zero-order chi connectivity index (χ0) is 25.1. The van der Waals surface area contributed by atoms with E-state index in [0.29, 0.717) is 13.1 Å². The van der Waals surface area contributed by atoms with Crippen LogP contribution in [0.3, 0.4) is 0 Å². The highest BCUT2D eigenvalue weighted by molar-refractivity contribution is 6.30. The van der Waals surface area contributed by atoms with E-state index in [0.717, 1.165) is 48.9 Å². The highest BCUT2D eigenvalue weighted by atomic mass is 35.5. The van der Waals surface area contributed by atoms with Crippen LogP contribution in [0.25, 0.3) is 0 Å². The fraction of sp³-hybridized carbons (Fsp3) is 0.367. The van der Waals surface area contributed by atoms with Crippen molar-refractivity contribution in [1.82, 2.24) is 14.7 Å².